The fourth-order valence-electron chi connectivity index (χ4n) is 3.41. The lowest BCUT2D eigenvalue weighted by molar-refractivity contribution is -0.125. The van der Waals surface area contributed by atoms with Gasteiger partial charge < -0.3 is 15.4 Å². The number of ether oxygens (including phenoxy) is 1. The van der Waals surface area contributed by atoms with Crippen LogP contribution in [-0.2, 0) is 14.3 Å². The highest BCUT2D eigenvalue weighted by atomic mass is 32.1. The third-order valence-corrected chi connectivity index (χ3v) is 6.66. The van der Waals surface area contributed by atoms with Gasteiger partial charge in [-0.25, -0.2) is 4.79 Å². The van der Waals surface area contributed by atoms with Gasteiger partial charge in [0.15, 0.2) is 6.61 Å². The molecular formula is C20H24N2O4S2. The van der Waals surface area contributed by atoms with Gasteiger partial charge in [-0.15, -0.1) is 22.7 Å². The summed E-state index contributed by atoms with van der Waals surface area (Å²) in [5.41, 5.74) is 0.997. The van der Waals surface area contributed by atoms with Crippen molar-refractivity contribution in [3.05, 3.63) is 28.5 Å². The number of carbonyl (C=O) groups is 3. The van der Waals surface area contributed by atoms with Gasteiger partial charge in [0.1, 0.15) is 10.6 Å². The summed E-state index contributed by atoms with van der Waals surface area (Å²) in [6.45, 7) is 3.19. The van der Waals surface area contributed by atoms with Crippen molar-refractivity contribution in [2.75, 3.05) is 11.9 Å². The zero-order valence-corrected chi connectivity index (χ0v) is 17.6. The van der Waals surface area contributed by atoms with Crippen LogP contribution in [0.5, 0.6) is 0 Å². The van der Waals surface area contributed by atoms with Crippen LogP contribution in [0.25, 0.3) is 10.4 Å². The Hall–Kier alpha value is -2.19. The Morgan fingerprint density at radius 1 is 1.21 bits per heavy atom. The van der Waals surface area contributed by atoms with Crippen molar-refractivity contribution in [1.82, 2.24) is 5.32 Å². The summed E-state index contributed by atoms with van der Waals surface area (Å²) in [6, 6.07) is 3.93. The summed E-state index contributed by atoms with van der Waals surface area (Å²) < 4.78 is 5.29. The second-order valence-electron chi connectivity index (χ2n) is 7.02. The normalized spacial score (nSPS) is 19.1. The van der Waals surface area contributed by atoms with E-state index >= 15 is 0 Å². The molecule has 0 aromatic carbocycles. The first-order valence-corrected chi connectivity index (χ1v) is 11.1. The number of nitrogens with one attached hydrogen (secondary N) is 2. The lowest BCUT2D eigenvalue weighted by Gasteiger charge is -2.29. The van der Waals surface area contributed by atoms with Gasteiger partial charge in [0, 0.05) is 28.8 Å². The first-order valence-electron chi connectivity index (χ1n) is 9.35. The standard InChI is InChI=1S/C20H24N2O4S2/c1-12-6-3-4-7-15(12)22-17(24)10-26-20(25)18-14(16-8-5-9-27-16)11-28-19(18)21-13(2)23/h5,8-9,11-12,15H,3-4,6-7,10H2,1-2H3,(H,21,23)(H,22,24)/t12-,15-/m1/s1. The van der Waals surface area contributed by atoms with Crippen LogP contribution in [0, 0.1) is 5.92 Å². The molecule has 2 aromatic heterocycles. The Labute approximate surface area is 172 Å². The topological polar surface area (TPSA) is 84.5 Å². The van der Waals surface area contributed by atoms with Crippen molar-refractivity contribution in [3.63, 3.8) is 0 Å². The van der Waals surface area contributed by atoms with E-state index in [2.05, 4.69) is 17.6 Å². The third kappa shape index (κ3) is 4.99. The lowest BCUT2D eigenvalue weighted by atomic mass is 9.86. The monoisotopic (exact) mass is 420 g/mol. The van der Waals surface area contributed by atoms with Crippen LogP contribution in [0.1, 0.15) is 49.9 Å². The second-order valence-corrected chi connectivity index (χ2v) is 8.85. The molecule has 2 amide bonds. The zero-order valence-electron chi connectivity index (χ0n) is 15.9. The zero-order chi connectivity index (χ0) is 20.1. The van der Waals surface area contributed by atoms with Crippen LogP contribution >= 0.6 is 22.7 Å². The molecule has 2 aromatic rings. The van der Waals surface area contributed by atoms with E-state index in [0.29, 0.717) is 22.0 Å². The maximum absolute atomic E-state index is 12.7. The van der Waals surface area contributed by atoms with E-state index in [1.165, 1.54) is 36.0 Å². The number of anilines is 1. The summed E-state index contributed by atoms with van der Waals surface area (Å²) in [6.07, 6.45) is 4.36. The highest BCUT2D eigenvalue weighted by Gasteiger charge is 2.25. The summed E-state index contributed by atoms with van der Waals surface area (Å²) in [5, 5.41) is 9.82. The Kier molecular flexibility index (Phi) is 6.85. The quantitative estimate of drug-likeness (QED) is 0.683. The van der Waals surface area contributed by atoms with Gasteiger partial charge in [-0.3, -0.25) is 9.59 Å². The van der Waals surface area contributed by atoms with E-state index in [0.717, 1.165) is 24.1 Å². The number of thiophene rings is 2. The van der Waals surface area contributed by atoms with Gasteiger partial charge >= 0.3 is 5.97 Å². The van der Waals surface area contributed by atoms with Crippen LogP contribution in [0.2, 0.25) is 0 Å². The minimum atomic E-state index is -0.611. The summed E-state index contributed by atoms with van der Waals surface area (Å²) in [4.78, 5) is 37.4. The van der Waals surface area contributed by atoms with Crippen molar-refractivity contribution in [2.45, 2.75) is 45.6 Å². The molecule has 1 aliphatic carbocycles. The molecule has 0 spiro atoms. The number of hydrogen-bond acceptors (Lipinski definition) is 6. The van der Waals surface area contributed by atoms with E-state index in [4.69, 9.17) is 4.74 Å². The van der Waals surface area contributed by atoms with Crippen molar-refractivity contribution in [2.24, 2.45) is 5.92 Å². The molecule has 1 aliphatic rings. The van der Waals surface area contributed by atoms with Crippen molar-refractivity contribution < 1.29 is 19.1 Å². The number of amides is 2. The van der Waals surface area contributed by atoms with Crippen molar-refractivity contribution >= 4 is 45.5 Å². The fraction of sp³-hybridized carbons (Fsp3) is 0.450. The van der Waals surface area contributed by atoms with E-state index in [1.807, 2.05) is 22.9 Å². The molecule has 6 nitrogen and oxygen atoms in total. The molecule has 0 bridgehead atoms. The van der Waals surface area contributed by atoms with Gasteiger partial charge in [0.25, 0.3) is 5.91 Å². The van der Waals surface area contributed by atoms with Gasteiger partial charge in [-0.05, 0) is 30.2 Å². The Morgan fingerprint density at radius 2 is 2.00 bits per heavy atom. The minimum Gasteiger partial charge on any atom is -0.452 e. The summed E-state index contributed by atoms with van der Waals surface area (Å²) in [7, 11) is 0. The number of carbonyl (C=O) groups excluding carboxylic acids is 3. The SMILES string of the molecule is CC(=O)Nc1scc(-c2cccs2)c1C(=O)OCC(=O)N[C@@H]1CCCC[C@H]1C. The predicted octanol–water partition coefficient (Wildman–Crippen LogP) is 4.29. The molecule has 0 radical (unpaired) electrons. The summed E-state index contributed by atoms with van der Waals surface area (Å²) in [5.74, 6) is -0.735. The molecule has 8 heteroatoms. The van der Waals surface area contributed by atoms with Crippen LogP contribution < -0.4 is 10.6 Å². The number of esters is 1. The van der Waals surface area contributed by atoms with Crippen LogP contribution in [0.4, 0.5) is 5.00 Å². The van der Waals surface area contributed by atoms with Crippen molar-refractivity contribution in [1.29, 1.82) is 0 Å². The average molecular weight is 421 g/mol. The second kappa shape index (κ2) is 9.34. The maximum Gasteiger partial charge on any atom is 0.342 e. The van der Waals surface area contributed by atoms with Crippen LogP contribution in [0.15, 0.2) is 22.9 Å². The number of hydrogen-bond donors (Lipinski definition) is 2. The van der Waals surface area contributed by atoms with Gasteiger partial charge in [0.2, 0.25) is 5.91 Å². The molecule has 2 N–H and O–H groups in total. The fourth-order valence-corrected chi connectivity index (χ4v) is 5.23. The van der Waals surface area contributed by atoms with Gasteiger partial charge in [-0.2, -0.15) is 0 Å². The highest BCUT2D eigenvalue weighted by Crippen LogP contribution is 2.38. The molecular weight excluding hydrogens is 396 g/mol. The Bertz CT molecular complexity index is 845. The first-order chi connectivity index (χ1) is 13.5. The largest absolute Gasteiger partial charge is 0.452 e. The van der Waals surface area contributed by atoms with E-state index in [1.54, 1.807) is 0 Å². The third-order valence-electron chi connectivity index (χ3n) is 4.86. The Balaban J connectivity index is 1.68. The van der Waals surface area contributed by atoms with E-state index < -0.39 is 5.97 Å². The molecule has 150 valence electrons. The predicted molar refractivity (Wildman–Crippen MR) is 112 cm³/mol. The van der Waals surface area contributed by atoms with Crippen molar-refractivity contribution in [3.8, 4) is 10.4 Å². The van der Waals surface area contributed by atoms with Gasteiger partial charge in [-0.1, -0.05) is 25.8 Å². The first kappa shape index (κ1) is 20.5. The van der Waals surface area contributed by atoms with E-state index in [9.17, 15) is 14.4 Å². The maximum atomic E-state index is 12.7. The van der Waals surface area contributed by atoms with Gasteiger partial charge in [0.05, 0.1) is 0 Å². The smallest absolute Gasteiger partial charge is 0.342 e. The minimum absolute atomic E-state index is 0.137. The molecule has 0 unspecified atom stereocenters. The molecule has 1 fully saturated rings. The van der Waals surface area contributed by atoms with E-state index in [-0.39, 0.29) is 24.5 Å². The molecule has 0 saturated heterocycles. The molecule has 3 rings (SSSR count). The van der Waals surface area contributed by atoms with Crippen LogP contribution in [-0.4, -0.2) is 30.4 Å². The average Bonchev–Trinajstić information content (AvgIpc) is 3.31. The highest BCUT2D eigenvalue weighted by molar-refractivity contribution is 7.17. The number of rotatable bonds is 6. The lowest BCUT2D eigenvalue weighted by Crippen LogP contribution is -2.42. The molecule has 0 aliphatic heterocycles. The Morgan fingerprint density at radius 3 is 2.68 bits per heavy atom. The molecule has 1 saturated carbocycles. The molecule has 2 heterocycles. The summed E-state index contributed by atoms with van der Waals surface area (Å²) >= 11 is 2.76. The molecule has 2 atom stereocenters. The van der Waals surface area contributed by atoms with Crippen LogP contribution in [0.3, 0.4) is 0 Å². The molecule has 28 heavy (non-hydrogen) atoms.